The molecule has 0 radical (unpaired) electrons. The molecule has 0 aliphatic carbocycles. The Hall–Kier alpha value is -2.30. The molecule has 0 saturated carbocycles. The lowest BCUT2D eigenvalue weighted by Crippen LogP contribution is -1.97. The minimum atomic E-state index is -0.880. The molecule has 5 nitrogen and oxygen atoms in total. The van der Waals surface area contributed by atoms with Crippen LogP contribution in [0.3, 0.4) is 0 Å². The van der Waals surface area contributed by atoms with Crippen LogP contribution in [-0.4, -0.2) is 21.2 Å². The number of hydrogen-bond acceptors (Lipinski definition) is 4. The second-order valence-corrected chi connectivity index (χ2v) is 3.57. The van der Waals surface area contributed by atoms with Gasteiger partial charge in [-0.3, -0.25) is 4.79 Å². The van der Waals surface area contributed by atoms with Gasteiger partial charge < -0.3 is 14.6 Å². The third-order valence-electron chi connectivity index (χ3n) is 2.27. The number of nitrogens with zero attached hydrogens (tertiary/aromatic N) is 1. The van der Waals surface area contributed by atoms with Crippen LogP contribution < -0.4 is 0 Å². The highest BCUT2D eigenvalue weighted by Crippen LogP contribution is 2.21. The van der Waals surface area contributed by atoms with E-state index in [1.807, 2.05) is 0 Å². The zero-order valence-electron chi connectivity index (χ0n) is 8.96. The Kier molecular flexibility index (Phi) is 3.09. The monoisotopic (exact) mass is 233 g/mol. The summed E-state index contributed by atoms with van der Waals surface area (Å²) in [5.74, 6) is -0.298. The van der Waals surface area contributed by atoms with Crippen molar-refractivity contribution in [3.63, 3.8) is 0 Å². The number of phenolic OH excluding ortho intramolecular Hbond substituents is 1. The van der Waals surface area contributed by atoms with Crippen LogP contribution in [0.5, 0.6) is 5.75 Å². The molecule has 1 aromatic carbocycles. The fourth-order valence-electron chi connectivity index (χ4n) is 1.40. The lowest BCUT2D eigenvalue weighted by molar-refractivity contribution is -0.137. The van der Waals surface area contributed by atoms with E-state index in [9.17, 15) is 4.79 Å². The van der Waals surface area contributed by atoms with Crippen molar-refractivity contribution < 1.29 is 19.4 Å². The summed E-state index contributed by atoms with van der Waals surface area (Å²) in [4.78, 5) is 14.6. The van der Waals surface area contributed by atoms with Gasteiger partial charge in [0, 0.05) is 12.0 Å². The Bertz CT molecular complexity index is 516. The van der Waals surface area contributed by atoms with Crippen molar-refractivity contribution in [3.8, 4) is 17.0 Å². The molecule has 1 aromatic heterocycles. The molecular weight excluding hydrogens is 222 g/mol. The van der Waals surface area contributed by atoms with Crippen LogP contribution in [0.25, 0.3) is 11.3 Å². The Morgan fingerprint density at radius 2 is 2.00 bits per heavy atom. The van der Waals surface area contributed by atoms with E-state index in [4.69, 9.17) is 14.6 Å². The second-order valence-electron chi connectivity index (χ2n) is 3.57. The molecule has 0 spiro atoms. The number of oxazole rings is 1. The maximum Gasteiger partial charge on any atom is 0.303 e. The van der Waals surface area contributed by atoms with Crippen LogP contribution in [0.2, 0.25) is 0 Å². The maximum atomic E-state index is 10.4. The topological polar surface area (TPSA) is 83.6 Å². The van der Waals surface area contributed by atoms with Gasteiger partial charge >= 0.3 is 5.97 Å². The van der Waals surface area contributed by atoms with Gasteiger partial charge in [0.2, 0.25) is 0 Å². The minimum Gasteiger partial charge on any atom is -0.508 e. The van der Waals surface area contributed by atoms with Crippen molar-refractivity contribution in [2.24, 2.45) is 0 Å². The third kappa shape index (κ3) is 2.84. The number of carboxylic acid groups (broad SMARTS) is 1. The molecule has 0 bridgehead atoms. The molecule has 2 N–H and O–H groups in total. The zero-order valence-corrected chi connectivity index (χ0v) is 8.96. The number of phenols is 1. The predicted octanol–water partition coefficient (Wildman–Crippen LogP) is 2.06. The van der Waals surface area contributed by atoms with E-state index in [-0.39, 0.29) is 18.6 Å². The van der Waals surface area contributed by atoms with Gasteiger partial charge in [-0.2, -0.15) is 0 Å². The van der Waals surface area contributed by atoms with Crippen molar-refractivity contribution in [2.75, 3.05) is 0 Å². The van der Waals surface area contributed by atoms with Crippen LogP contribution in [-0.2, 0) is 11.2 Å². The van der Waals surface area contributed by atoms with Crippen molar-refractivity contribution in [1.82, 2.24) is 4.98 Å². The lowest BCUT2D eigenvalue weighted by Gasteiger charge is -1.95. The smallest absolute Gasteiger partial charge is 0.303 e. The molecule has 88 valence electrons. The number of hydrogen-bond donors (Lipinski definition) is 2. The molecule has 2 rings (SSSR count). The highest BCUT2D eigenvalue weighted by atomic mass is 16.4. The Morgan fingerprint density at radius 1 is 1.29 bits per heavy atom. The van der Waals surface area contributed by atoms with Crippen LogP contribution in [0.1, 0.15) is 12.3 Å². The van der Waals surface area contributed by atoms with Gasteiger partial charge in [0.1, 0.15) is 17.7 Å². The van der Waals surface area contributed by atoms with Crippen molar-refractivity contribution in [2.45, 2.75) is 12.8 Å². The summed E-state index contributed by atoms with van der Waals surface area (Å²) < 4.78 is 5.16. The maximum absolute atomic E-state index is 10.4. The Balaban J connectivity index is 2.12. The molecule has 0 aliphatic heterocycles. The largest absolute Gasteiger partial charge is 0.508 e. The number of aromatic hydroxyl groups is 1. The van der Waals surface area contributed by atoms with E-state index < -0.39 is 5.97 Å². The first-order chi connectivity index (χ1) is 8.15. The van der Waals surface area contributed by atoms with Gasteiger partial charge in [-0.15, -0.1) is 0 Å². The van der Waals surface area contributed by atoms with Crippen molar-refractivity contribution in [3.05, 3.63) is 36.4 Å². The summed E-state index contributed by atoms with van der Waals surface area (Å²) in [7, 11) is 0. The fourth-order valence-corrected chi connectivity index (χ4v) is 1.40. The molecule has 0 amide bonds. The van der Waals surface area contributed by atoms with E-state index in [0.717, 1.165) is 5.56 Å². The Morgan fingerprint density at radius 3 is 2.65 bits per heavy atom. The van der Waals surface area contributed by atoms with E-state index in [2.05, 4.69) is 4.98 Å². The first-order valence-corrected chi connectivity index (χ1v) is 5.11. The van der Waals surface area contributed by atoms with Gasteiger partial charge in [-0.05, 0) is 24.3 Å². The van der Waals surface area contributed by atoms with Crippen molar-refractivity contribution in [1.29, 1.82) is 0 Å². The normalized spacial score (nSPS) is 10.4. The number of aliphatic carboxylic acids is 1. The number of rotatable bonds is 4. The number of carbonyl (C=O) groups is 1. The number of aromatic nitrogens is 1. The summed E-state index contributed by atoms with van der Waals surface area (Å²) in [6, 6.07) is 6.55. The van der Waals surface area contributed by atoms with Crippen LogP contribution in [0.4, 0.5) is 0 Å². The Labute approximate surface area is 97.3 Å². The molecule has 0 saturated heterocycles. The zero-order chi connectivity index (χ0) is 12.3. The average molecular weight is 233 g/mol. The molecule has 0 fully saturated rings. The molecule has 0 atom stereocenters. The van der Waals surface area contributed by atoms with Gasteiger partial charge in [0.05, 0.1) is 6.42 Å². The summed E-state index contributed by atoms with van der Waals surface area (Å²) in [5, 5.41) is 17.7. The lowest BCUT2D eigenvalue weighted by atomic mass is 10.2. The highest BCUT2D eigenvalue weighted by molar-refractivity contribution is 5.67. The quantitative estimate of drug-likeness (QED) is 0.844. The van der Waals surface area contributed by atoms with Gasteiger partial charge in [0.25, 0.3) is 0 Å². The summed E-state index contributed by atoms with van der Waals surface area (Å²) in [6.45, 7) is 0. The average Bonchev–Trinajstić information content (AvgIpc) is 2.76. The molecule has 0 aliphatic rings. The van der Waals surface area contributed by atoms with E-state index in [0.29, 0.717) is 11.6 Å². The van der Waals surface area contributed by atoms with Gasteiger partial charge in [-0.1, -0.05) is 0 Å². The van der Waals surface area contributed by atoms with E-state index in [1.54, 1.807) is 24.3 Å². The molecular formula is C12H11NO4. The fraction of sp³-hybridized carbons (Fsp3) is 0.167. The van der Waals surface area contributed by atoms with Gasteiger partial charge in [0.15, 0.2) is 5.89 Å². The second kappa shape index (κ2) is 4.69. The first kappa shape index (κ1) is 11.2. The third-order valence-corrected chi connectivity index (χ3v) is 2.27. The molecule has 1 heterocycles. The molecule has 2 aromatic rings. The number of benzene rings is 1. The molecule has 0 unspecified atom stereocenters. The molecule has 17 heavy (non-hydrogen) atoms. The first-order valence-electron chi connectivity index (χ1n) is 5.11. The predicted molar refractivity (Wildman–Crippen MR) is 59.6 cm³/mol. The van der Waals surface area contributed by atoms with Gasteiger partial charge in [-0.25, -0.2) is 4.98 Å². The van der Waals surface area contributed by atoms with Crippen molar-refractivity contribution >= 4 is 5.97 Å². The number of aryl methyl sites for hydroxylation is 1. The standard InChI is InChI=1S/C12H11NO4/c14-9-3-1-8(2-4-9)10-7-17-11(13-10)5-6-12(15)16/h1-4,7,14H,5-6H2,(H,15,16). The summed E-state index contributed by atoms with van der Waals surface area (Å²) >= 11 is 0. The van der Waals surface area contributed by atoms with Crippen LogP contribution in [0.15, 0.2) is 34.9 Å². The highest BCUT2D eigenvalue weighted by Gasteiger charge is 2.07. The van der Waals surface area contributed by atoms with Crippen LogP contribution >= 0.6 is 0 Å². The summed E-state index contributed by atoms with van der Waals surface area (Å²) in [6.07, 6.45) is 1.74. The minimum absolute atomic E-state index is 0.00443. The summed E-state index contributed by atoms with van der Waals surface area (Å²) in [5.41, 5.74) is 1.44. The van der Waals surface area contributed by atoms with E-state index in [1.165, 1.54) is 6.26 Å². The SMILES string of the molecule is O=C(O)CCc1nc(-c2ccc(O)cc2)co1. The number of carboxylic acids is 1. The molecule has 5 heteroatoms. The van der Waals surface area contributed by atoms with E-state index >= 15 is 0 Å². The van der Waals surface area contributed by atoms with Crippen LogP contribution in [0, 0.1) is 0 Å².